The van der Waals surface area contributed by atoms with Gasteiger partial charge in [-0.3, -0.25) is 4.79 Å². The summed E-state index contributed by atoms with van der Waals surface area (Å²) in [6.45, 7) is 3.74. The second kappa shape index (κ2) is 6.43. The Morgan fingerprint density at radius 2 is 2.31 bits per heavy atom. The Hall–Kier alpha value is -1.16. The summed E-state index contributed by atoms with van der Waals surface area (Å²) in [5, 5.41) is 2.65. The minimum atomic E-state index is -0.313. The van der Waals surface area contributed by atoms with Crippen molar-refractivity contribution in [3.8, 4) is 0 Å². The number of hydrogen-bond donors (Lipinski definition) is 1. The van der Waals surface area contributed by atoms with E-state index in [9.17, 15) is 9.18 Å². The van der Waals surface area contributed by atoms with E-state index >= 15 is 0 Å². The number of benzene rings is 1. The van der Waals surface area contributed by atoms with Gasteiger partial charge in [0.15, 0.2) is 0 Å². The molecular formula is C12H13BrFNO. The van der Waals surface area contributed by atoms with E-state index in [0.29, 0.717) is 18.4 Å². The summed E-state index contributed by atoms with van der Waals surface area (Å²) in [5.41, 5.74) is 0.473. The third kappa shape index (κ3) is 4.14. The van der Waals surface area contributed by atoms with Crippen LogP contribution in [0.1, 0.15) is 18.4 Å². The molecule has 0 spiro atoms. The second-order valence-electron chi connectivity index (χ2n) is 3.34. The Bertz CT molecular complexity index is 393. The molecule has 0 aromatic heterocycles. The molecule has 0 saturated carbocycles. The maximum absolute atomic E-state index is 13.3. The zero-order valence-corrected chi connectivity index (χ0v) is 10.4. The van der Waals surface area contributed by atoms with Crippen molar-refractivity contribution in [1.29, 1.82) is 0 Å². The van der Waals surface area contributed by atoms with Gasteiger partial charge in [-0.2, -0.15) is 0 Å². The first-order valence-corrected chi connectivity index (χ1v) is 5.74. The lowest BCUT2D eigenvalue weighted by Crippen LogP contribution is -2.22. The zero-order chi connectivity index (χ0) is 12.0. The zero-order valence-electron chi connectivity index (χ0n) is 8.80. The van der Waals surface area contributed by atoms with Crippen molar-refractivity contribution in [1.82, 2.24) is 5.32 Å². The highest BCUT2D eigenvalue weighted by molar-refractivity contribution is 9.10. The van der Waals surface area contributed by atoms with Crippen LogP contribution in [0.15, 0.2) is 35.3 Å². The van der Waals surface area contributed by atoms with E-state index in [1.165, 1.54) is 6.07 Å². The minimum Gasteiger partial charge on any atom is -0.352 e. The van der Waals surface area contributed by atoms with Crippen LogP contribution in [-0.2, 0) is 11.3 Å². The summed E-state index contributed by atoms with van der Waals surface area (Å²) in [6, 6.07) is 4.65. The van der Waals surface area contributed by atoms with Crippen LogP contribution in [0.4, 0.5) is 4.39 Å². The van der Waals surface area contributed by atoms with Gasteiger partial charge in [-0.25, -0.2) is 4.39 Å². The van der Waals surface area contributed by atoms with Crippen molar-refractivity contribution in [2.24, 2.45) is 0 Å². The fraction of sp³-hybridized carbons (Fsp3) is 0.250. The largest absolute Gasteiger partial charge is 0.352 e. The van der Waals surface area contributed by atoms with Crippen molar-refractivity contribution in [3.63, 3.8) is 0 Å². The van der Waals surface area contributed by atoms with Gasteiger partial charge in [-0.1, -0.05) is 22.0 Å². The SMILES string of the molecule is C=CCCC(=O)NCc1cc(Br)ccc1F. The minimum absolute atomic E-state index is 0.0979. The van der Waals surface area contributed by atoms with E-state index in [-0.39, 0.29) is 18.3 Å². The summed E-state index contributed by atoms with van der Waals surface area (Å²) in [6.07, 6.45) is 2.70. The highest BCUT2D eigenvalue weighted by Crippen LogP contribution is 2.15. The van der Waals surface area contributed by atoms with Gasteiger partial charge in [0.05, 0.1) is 0 Å². The average molecular weight is 286 g/mol. The summed E-state index contributed by atoms with van der Waals surface area (Å²) < 4.78 is 14.1. The van der Waals surface area contributed by atoms with Crippen LogP contribution in [0.2, 0.25) is 0 Å². The van der Waals surface area contributed by atoms with Crippen LogP contribution in [-0.4, -0.2) is 5.91 Å². The van der Waals surface area contributed by atoms with Crippen molar-refractivity contribution >= 4 is 21.8 Å². The second-order valence-corrected chi connectivity index (χ2v) is 4.26. The number of amides is 1. The lowest BCUT2D eigenvalue weighted by Gasteiger charge is -2.06. The molecular weight excluding hydrogens is 273 g/mol. The van der Waals surface area contributed by atoms with Crippen LogP contribution in [0, 0.1) is 5.82 Å². The van der Waals surface area contributed by atoms with E-state index in [4.69, 9.17) is 0 Å². The van der Waals surface area contributed by atoms with E-state index in [0.717, 1.165) is 4.47 Å². The molecule has 16 heavy (non-hydrogen) atoms. The summed E-state index contributed by atoms with van der Waals surface area (Å²) in [5.74, 6) is -0.411. The Kier molecular flexibility index (Phi) is 5.19. The van der Waals surface area contributed by atoms with Crippen molar-refractivity contribution < 1.29 is 9.18 Å². The van der Waals surface area contributed by atoms with Crippen LogP contribution < -0.4 is 5.32 Å². The van der Waals surface area contributed by atoms with Crippen LogP contribution in [0.3, 0.4) is 0 Å². The normalized spacial score (nSPS) is 9.88. The first-order chi connectivity index (χ1) is 7.63. The maximum Gasteiger partial charge on any atom is 0.220 e. The van der Waals surface area contributed by atoms with E-state index in [1.807, 2.05) is 0 Å². The number of carbonyl (C=O) groups is 1. The highest BCUT2D eigenvalue weighted by atomic mass is 79.9. The number of halogens is 2. The molecule has 0 atom stereocenters. The van der Waals surface area contributed by atoms with Crippen LogP contribution >= 0.6 is 15.9 Å². The van der Waals surface area contributed by atoms with Crippen LogP contribution in [0.25, 0.3) is 0 Å². The first kappa shape index (κ1) is 12.9. The molecule has 0 aliphatic carbocycles. The van der Waals surface area contributed by atoms with E-state index < -0.39 is 0 Å². The van der Waals surface area contributed by atoms with Gasteiger partial charge in [0.25, 0.3) is 0 Å². The maximum atomic E-state index is 13.3. The lowest BCUT2D eigenvalue weighted by atomic mass is 10.2. The van der Waals surface area contributed by atoms with Gasteiger partial charge in [-0.05, 0) is 24.6 Å². The smallest absolute Gasteiger partial charge is 0.220 e. The molecule has 0 aliphatic heterocycles. The number of nitrogens with one attached hydrogen (secondary N) is 1. The third-order valence-electron chi connectivity index (χ3n) is 2.06. The van der Waals surface area contributed by atoms with E-state index in [1.54, 1.807) is 18.2 Å². The number of carbonyl (C=O) groups excluding carboxylic acids is 1. The molecule has 1 amide bonds. The molecule has 1 N–H and O–H groups in total. The average Bonchev–Trinajstić information content (AvgIpc) is 2.27. The molecule has 0 saturated heterocycles. The van der Waals surface area contributed by atoms with E-state index in [2.05, 4.69) is 27.8 Å². The Balaban J connectivity index is 2.50. The molecule has 1 aromatic rings. The fourth-order valence-corrected chi connectivity index (χ4v) is 1.60. The van der Waals surface area contributed by atoms with Gasteiger partial charge in [0, 0.05) is 23.0 Å². The molecule has 0 unspecified atom stereocenters. The molecule has 4 heteroatoms. The summed E-state index contributed by atoms with van der Waals surface area (Å²) in [4.78, 5) is 11.3. The molecule has 1 aromatic carbocycles. The molecule has 0 bridgehead atoms. The third-order valence-corrected chi connectivity index (χ3v) is 2.55. The van der Waals surface area contributed by atoms with Crippen molar-refractivity contribution in [3.05, 3.63) is 46.7 Å². The molecule has 0 aliphatic rings. The highest BCUT2D eigenvalue weighted by Gasteiger charge is 2.04. The Labute approximate surface area is 103 Å². The van der Waals surface area contributed by atoms with Gasteiger partial charge < -0.3 is 5.32 Å². The quantitative estimate of drug-likeness (QED) is 0.828. The number of hydrogen-bond acceptors (Lipinski definition) is 1. The van der Waals surface area contributed by atoms with Crippen LogP contribution in [0.5, 0.6) is 0 Å². The van der Waals surface area contributed by atoms with Gasteiger partial charge in [0.2, 0.25) is 5.91 Å². The van der Waals surface area contributed by atoms with Crippen molar-refractivity contribution in [2.75, 3.05) is 0 Å². The predicted octanol–water partition coefficient (Wildman–Crippen LogP) is 3.17. The predicted molar refractivity (Wildman–Crippen MR) is 65.4 cm³/mol. The fourth-order valence-electron chi connectivity index (χ4n) is 1.19. The number of allylic oxidation sites excluding steroid dienone is 1. The van der Waals surface area contributed by atoms with Crippen molar-refractivity contribution in [2.45, 2.75) is 19.4 Å². The first-order valence-electron chi connectivity index (χ1n) is 4.95. The van der Waals surface area contributed by atoms with Gasteiger partial charge in [0.1, 0.15) is 5.82 Å². The molecule has 86 valence electrons. The Morgan fingerprint density at radius 1 is 1.56 bits per heavy atom. The standard InChI is InChI=1S/C12H13BrFNO/c1-2-3-4-12(16)15-8-9-7-10(13)5-6-11(9)14/h2,5-7H,1,3-4,8H2,(H,15,16). The molecule has 0 radical (unpaired) electrons. The lowest BCUT2D eigenvalue weighted by molar-refractivity contribution is -0.121. The summed E-state index contributed by atoms with van der Waals surface area (Å²) in [7, 11) is 0. The topological polar surface area (TPSA) is 29.1 Å². The van der Waals surface area contributed by atoms with Gasteiger partial charge in [-0.15, -0.1) is 6.58 Å². The monoisotopic (exact) mass is 285 g/mol. The Morgan fingerprint density at radius 3 is 3.00 bits per heavy atom. The summed E-state index contributed by atoms with van der Waals surface area (Å²) >= 11 is 3.25. The van der Waals surface area contributed by atoms with Gasteiger partial charge >= 0.3 is 0 Å². The molecule has 0 heterocycles. The number of rotatable bonds is 5. The molecule has 1 rings (SSSR count). The molecule has 0 fully saturated rings. The molecule has 2 nitrogen and oxygen atoms in total.